The molecule has 0 saturated heterocycles. The van der Waals surface area contributed by atoms with E-state index >= 15 is 0 Å². The Morgan fingerprint density at radius 3 is 2.73 bits per heavy atom. The third-order valence-corrected chi connectivity index (χ3v) is 5.99. The number of hydrogen-bond donors (Lipinski definition) is 1. The summed E-state index contributed by atoms with van der Waals surface area (Å²) in [5, 5.41) is 14.4. The Morgan fingerprint density at radius 2 is 2.03 bits per heavy atom. The first kappa shape index (κ1) is 22.5. The second-order valence-electron chi connectivity index (χ2n) is 9.16. The molecule has 1 aromatic heterocycles. The van der Waals surface area contributed by atoms with Crippen molar-refractivity contribution in [2.45, 2.75) is 46.5 Å². The SMILES string of the molecule is CCOC(=O)C1=C(C)NC2=C(C(=O)CC(C)(C)C2)C1c1ccc(-c2cccc([N+](=O)[O-])c2)o1. The van der Waals surface area contributed by atoms with E-state index in [1.807, 2.05) is 13.8 Å². The van der Waals surface area contributed by atoms with E-state index in [-0.39, 0.29) is 23.5 Å². The number of carbonyl (C=O) groups is 2. The van der Waals surface area contributed by atoms with Crippen LogP contribution < -0.4 is 5.32 Å². The van der Waals surface area contributed by atoms with Crippen LogP contribution in [-0.4, -0.2) is 23.3 Å². The molecule has 1 unspecified atom stereocenters. The van der Waals surface area contributed by atoms with Gasteiger partial charge in [0.05, 0.1) is 23.0 Å². The number of benzene rings is 1. The quantitative estimate of drug-likeness (QED) is 0.387. The lowest BCUT2D eigenvalue weighted by Gasteiger charge is -2.38. The molecule has 8 nitrogen and oxygen atoms in total. The highest BCUT2D eigenvalue weighted by Gasteiger charge is 2.44. The minimum atomic E-state index is -0.712. The molecule has 4 rings (SSSR count). The number of nitrogens with one attached hydrogen (secondary N) is 1. The van der Waals surface area contributed by atoms with Gasteiger partial charge in [-0.15, -0.1) is 0 Å². The first-order chi connectivity index (χ1) is 15.6. The first-order valence-electron chi connectivity index (χ1n) is 10.9. The van der Waals surface area contributed by atoms with Crippen LogP contribution in [0.3, 0.4) is 0 Å². The average Bonchev–Trinajstić information content (AvgIpc) is 3.22. The smallest absolute Gasteiger partial charge is 0.336 e. The fraction of sp³-hybridized carbons (Fsp3) is 0.360. The zero-order valence-electron chi connectivity index (χ0n) is 19.1. The number of allylic oxidation sites excluding steroid dienone is 3. The summed E-state index contributed by atoms with van der Waals surface area (Å²) in [5.41, 5.74) is 2.55. The van der Waals surface area contributed by atoms with Gasteiger partial charge in [-0.05, 0) is 37.8 Å². The van der Waals surface area contributed by atoms with E-state index in [9.17, 15) is 19.7 Å². The molecule has 2 aromatic rings. The summed E-state index contributed by atoms with van der Waals surface area (Å²) in [6, 6.07) is 9.55. The predicted octanol–water partition coefficient (Wildman–Crippen LogP) is 5.02. The molecule has 0 bridgehead atoms. The van der Waals surface area contributed by atoms with Crippen LogP contribution in [-0.2, 0) is 14.3 Å². The fourth-order valence-corrected chi connectivity index (χ4v) is 4.64. The standard InChI is InChI=1S/C25H26N2O6/c1-5-32-24(29)21-14(2)26-17-12-25(3,4)13-18(28)22(17)23(21)20-10-9-19(33-20)15-7-6-8-16(11-15)27(30)31/h6-11,23,26H,5,12-13H2,1-4H3. The first-order valence-corrected chi connectivity index (χ1v) is 10.9. The van der Waals surface area contributed by atoms with Gasteiger partial charge in [-0.1, -0.05) is 26.0 Å². The van der Waals surface area contributed by atoms with Crippen LogP contribution in [0, 0.1) is 15.5 Å². The number of nitrogens with zero attached hydrogens (tertiary/aromatic N) is 1. The molecular weight excluding hydrogens is 424 g/mol. The highest BCUT2D eigenvalue weighted by molar-refractivity contribution is 6.04. The molecular formula is C25H26N2O6. The van der Waals surface area contributed by atoms with Gasteiger partial charge in [0.2, 0.25) is 0 Å². The maximum absolute atomic E-state index is 13.3. The van der Waals surface area contributed by atoms with Crippen LogP contribution in [0.5, 0.6) is 0 Å². The fourth-order valence-electron chi connectivity index (χ4n) is 4.64. The number of esters is 1. The Labute approximate surface area is 191 Å². The highest BCUT2D eigenvalue weighted by Crippen LogP contribution is 2.47. The minimum Gasteiger partial charge on any atom is -0.463 e. The van der Waals surface area contributed by atoms with Crippen molar-refractivity contribution in [2.24, 2.45) is 5.41 Å². The molecule has 33 heavy (non-hydrogen) atoms. The monoisotopic (exact) mass is 450 g/mol. The van der Waals surface area contributed by atoms with E-state index in [4.69, 9.17) is 9.15 Å². The number of ketones is 1. The number of rotatable bonds is 5. The number of Topliss-reactive ketones (excluding diaryl/α,β-unsaturated/α-hetero) is 1. The van der Waals surface area contributed by atoms with Gasteiger partial charge in [-0.25, -0.2) is 4.79 Å². The van der Waals surface area contributed by atoms with Crippen molar-refractivity contribution in [3.05, 3.63) is 74.8 Å². The number of carbonyl (C=O) groups excluding carboxylic acids is 2. The van der Waals surface area contributed by atoms with Gasteiger partial charge in [0.1, 0.15) is 11.5 Å². The van der Waals surface area contributed by atoms with Crippen LogP contribution in [0.1, 0.15) is 52.2 Å². The molecule has 1 atom stereocenters. The highest BCUT2D eigenvalue weighted by atomic mass is 16.6. The summed E-state index contributed by atoms with van der Waals surface area (Å²) in [6.45, 7) is 7.80. The van der Waals surface area contributed by atoms with Crippen LogP contribution in [0.25, 0.3) is 11.3 Å². The van der Waals surface area contributed by atoms with E-state index in [2.05, 4.69) is 5.32 Å². The second-order valence-corrected chi connectivity index (χ2v) is 9.16. The number of dihydropyridines is 1. The normalized spacial score (nSPS) is 19.8. The Morgan fingerprint density at radius 1 is 1.27 bits per heavy atom. The molecule has 0 saturated carbocycles. The van der Waals surface area contributed by atoms with Crippen molar-refractivity contribution in [1.29, 1.82) is 0 Å². The van der Waals surface area contributed by atoms with Crippen molar-refractivity contribution >= 4 is 17.4 Å². The zero-order chi connectivity index (χ0) is 23.9. The van der Waals surface area contributed by atoms with Crippen LogP contribution in [0.4, 0.5) is 5.69 Å². The maximum atomic E-state index is 13.3. The van der Waals surface area contributed by atoms with Crippen molar-refractivity contribution in [1.82, 2.24) is 5.32 Å². The molecule has 0 fully saturated rings. The van der Waals surface area contributed by atoms with Gasteiger partial charge in [0, 0.05) is 41.1 Å². The van der Waals surface area contributed by atoms with Gasteiger partial charge < -0.3 is 14.5 Å². The predicted molar refractivity (Wildman–Crippen MR) is 121 cm³/mol. The summed E-state index contributed by atoms with van der Waals surface area (Å²) in [5.74, 6) is -0.428. The lowest BCUT2D eigenvalue weighted by atomic mass is 9.69. The lowest BCUT2D eigenvalue weighted by Crippen LogP contribution is -2.38. The number of hydrogen-bond acceptors (Lipinski definition) is 7. The lowest BCUT2D eigenvalue weighted by molar-refractivity contribution is -0.384. The molecule has 1 N–H and O–H groups in total. The summed E-state index contributed by atoms with van der Waals surface area (Å²) in [6.07, 6.45) is 1.02. The molecule has 0 radical (unpaired) electrons. The Balaban J connectivity index is 1.83. The van der Waals surface area contributed by atoms with Crippen molar-refractivity contribution < 1.29 is 23.7 Å². The molecule has 1 aromatic carbocycles. The zero-order valence-corrected chi connectivity index (χ0v) is 19.1. The third kappa shape index (κ3) is 4.20. The molecule has 172 valence electrons. The Hall–Kier alpha value is -3.68. The maximum Gasteiger partial charge on any atom is 0.336 e. The molecule has 0 spiro atoms. The number of furan rings is 1. The van der Waals surface area contributed by atoms with Gasteiger partial charge in [0.15, 0.2) is 5.78 Å². The van der Waals surface area contributed by atoms with Crippen LogP contribution in [0.2, 0.25) is 0 Å². The third-order valence-electron chi connectivity index (χ3n) is 5.99. The van der Waals surface area contributed by atoms with Gasteiger partial charge in [0.25, 0.3) is 5.69 Å². The van der Waals surface area contributed by atoms with Crippen molar-refractivity contribution in [3.8, 4) is 11.3 Å². The number of ether oxygens (including phenoxy) is 1. The van der Waals surface area contributed by atoms with Gasteiger partial charge >= 0.3 is 5.97 Å². The summed E-state index contributed by atoms with van der Waals surface area (Å²) >= 11 is 0. The van der Waals surface area contributed by atoms with Gasteiger partial charge in [-0.2, -0.15) is 0 Å². The van der Waals surface area contributed by atoms with Crippen LogP contribution in [0.15, 0.2) is 63.4 Å². The number of non-ortho nitro benzene ring substituents is 1. The van der Waals surface area contributed by atoms with Gasteiger partial charge in [-0.3, -0.25) is 14.9 Å². The molecule has 2 heterocycles. The van der Waals surface area contributed by atoms with E-state index in [0.717, 1.165) is 5.70 Å². The van der Waals surface area contributed by atoms with E-state index in [0.29, 0.717) is 46.8 Å². The summed E-state index contributed by atoms with van der Waals surface area (Å²) in [4.78, 5) is 36.9. The minimum absolute atomic E-state index is 0.0404. The second kappa shape index (κ2) is 8.35. The molecule has 0 amide bonds. The molecule has 8 heteroatoms. The van der Waals surface area contributed by atoms with Crippen molar-refractivity contribution in [2.75, 3.05) is 6.61 Å². The summed E-state index contributed by atoms with van der Waals surface area (Å²) in [7, 11) is 0. The van der Waals surface area contributed by atoms with E-state index in [1.54, 1.807) is 38.1 Å². The topological polar surface area (TPSA) is 112 Å². The molecule has 2 aliphatic rings. The number of nitro benzene ring substituents is 1. The summed E-state index contributed by atoms with van der Waals surface area (Å²) < 4.78 is 11.4. The molecule has 1 aliphatic carbocycles. The Bertz CT molecular complexity index is 1220. The Kier molecular flexibility index (Phi) is 5.69. The largest absolute Gasteiger partial charge is 0.463 e. The van der Waals surface area contributed by atoms with Crippen molar-refractivity contribution in [3.63, 3.8) is 0 Å². The average molecular weight is 450 g/mol. The van der Waals surface area contributed by atoms with E-state index in [1.165, 1.54) is 12.1 Å². The van der Waals surface area contributed by atoms with Crippen LogP contribution >= 0.6 is 0 Å². The molecule has 1 aliphatic heterocycles. The number of nitro groups is 1. The van der Waals surface area contributed by atoms with E-state index < -0.39 is 16.8 Å².